The first-order valence-electron chi connectivity index (χ1n) is 8.00. The zero-order valence-electron chi connectivity index (χ0n) is 14.0. The maximum atomic E-state index is 9.01. The second-order valence-corrected chi connectivity index (χ2v) is 6.89. The highest BCUT2D eigenvalue weighted by atomic mass is 32.1. The number of hydrogen-bond donors (Lipinski definition) is 2. The summed E-state index contributed by atoms with van der Waals surface area (Å²) in [5.41, 5.74) is 7.66. The van der Waals surface area contributed by atoms with Crippen LogP contribution in [0.5, 0.6) is 5.88 Å². The molecule has 0 radical (unpaired) electrons. The zero-order chi connectivity index (χ0) is 18.1. The van der Waals surface area contributed by atoms with Crippen molar-refractivity contribution in [3.8, 4) is 11.9 Å². The number of nitriles is 1. The summed E-state index contributed by atoms with van der Waals surface area (Å²) in [5.74, 6) is 0.722. The number of thiazole rings is 1. The van der Waals surface area contributed by atoms with E-state index < -0.39 is 0 Å². The molecule has 1 saturated heterocycles. The van der Waals surface area contributed by atoms with E-state index in [4.69, 9.17) is 15.7 Å². The van der Waals surface area contributed by atoms with E-state index in [-0.39, 0.29) is 11.9 Å². The summed E-state index contributed by atoms with van der Waals surface area (Å²) in [6.45, 7) is 1.65. The molecule has 0 aliphatic carbocycles. The van der Waals surface area contributed by atoms with Crippen molar-refractivity contribution in [1.29, 1.82) is 5.26 Å². The number of nitrogens with one attached hydrogen (secondary N) is 1. The van der Waals surface area contributed by atoms with E-state index in [1.807, 2.05) is 6.07 Å². The van der Waals surface area contributed by atoms with E-state index in [1.54, 1.807) is 23.7 Å². The average molecular weight is 368 g/mol. The molecule has 1 aliphatic heterocycles. The van der Waals surface area contributed by atoms with Crippen molar-refractivity contribution < 1.29 is 4.74 Å². The lowest BCUT2D eigenvalue weighted by atomic mass is 10.3. The Hall–Kier alpha value is -3.19. The Bertz CT molecular complexity index is 998. The third kappa shape index (κ3) is 2.93. The van der Waals surface area contributed by atoms with E-state index in [0.29, 0.717) is 17.2 Å². The van der Waals surface area contributed by atoms with Crippen LogP contribution in [0.15, 0.2) is 18.6 Å². The summed E-state index contributed by atoms with van der Waals surface area (Å²) < 4.78 is 6.11. The first-order valence-corrected chi connectivity index (χ1v) is 8.82. The van der Waals surface area contributed by atoms with Gasteiger partial charge in [-0.05, 0) is 6.42 Å². The second-order valence-electron chi connectivity index (χ2n) is 5.88. The van der Waals surface area contributed by atoms with Crippen LogP contribution in [0.4, 0.5) is 16.8 Å². The van der Waals surface area contributed by atoms with E-state index in [2.05, 4.69) is 30.2 Å². The summed E-state index contributed by atoms with van der Waals surface area (Å²) in [7, 11) is 1.48. The van der Waals surface area contributed by atoms with Crippen molar-refractivity contribution >= 4 is 38.3 Å². The third-order valence-corrected chi connectivity index (χ3v) is 5.23. The Morgan fingerprint density at radius 3 is 3.04 bits per heavy atom. The first kappa shape index (κ1) is 16.3. The number of rotatable bonds is 4. The Morgan fingerprint density at radius 1 is 1.38 bits per heavy atom. The van der Waals surface area contributed by atoms with E-state index >= 15 is 0 Å². The van der Waals surface area contributed by atoms with Gasteiger partial charge in [0.15, 0.2) is 5.13 Å². The van der Waals surface area contributed by atoms with E-state index in [1.165, 1.54) is 13.3 Å². The molecule has 0 amide bonds. The quantitative estimate of drug-likeness (QED) is 0.706. The van der Waals surface area contributed by atoms with Gasteiger partial charge >= 0.3 is 0 Å². The fourth-order valence-electron chi connectivity index (χ4n) is 2.90. The molecule has 0 aromatic carbocycles. The minimum absolute atomic E-state index is 0.176. The van der Waals surface area contributed by atoms with Crippen molar-refractivity contribution in [3.63, 3.8) is 0 Å². The van der Waals surface area contributed by atoms with E-state index in [9.17, 15) is 0 Å². The van der Waals surface area contributed by atoms with Gasteiger partial charge in [0.05, 0.1) is 29.9 Å². The van der Waals surface area contributed by atoms with Crippen LogP contribution in [-0.2, 0) is 0 Å². The summed E-state index contributed by atoms with van der Waals surface area (Å²) in [4.78, 5) is 19.4. The van der Waals surface area contributed by atoms with Gasteiger partial charge in [0.25, 0.3) is 0 Å². The number of nitrogens with two attached hydrogens (primary N) is 1. The van der Waals surface area contributed by atoms with Gasteiger partial charge in [-0.15, -0.1) is 0 Å². The van der Waals surface area contributed by atoms with Crippen LogP contribution in [-0.4, -0.2) is 46.2 Å². The highest BCUT2D eigenvalue weighted by molar-refractivity contribution is 7.22. The molecule has 4 heterocycles. The van der Waals surface area contributed by atoms with Crippen LogP contribution in [0.25, 0.3) is 10.2 Å². The minimum Gasteiger partial charge on any atom is -0.480 e. The predicted molar refractivity (Wildman–Crippen MR) is 99.4 cm³/mol. The summed E-state index contributed by atoms with van der Waals surface area (Å²) in [6.07, 6.45) is 5.80. The molecular weight excluding hydrogens is 352 g/mol. The maximum Gasteiger partial charge on any atom is 0.236 e. The topological polar surface area (TPSA) is 126 Å². The van der Waals surface area contributed by atoms with Gasteiger partial charge in [0.1, 0.15) is 17.1 Å². The molecule has 1 atom stereocenters. The molecule has 9 nitrogen and oxygen atoms in total. The number of ether oxygens (including phenoxy) is 1. The number of pyridine rings is 1. The minimum atomic E-state index is 0.176. The maximum absolute atomic E-state index is 9.01. The van der Waals surface area contributed by atoms with Crippen LogP contribution in [0.2, 0.25) is 0 Å². The normalized spacial score (nSPS) is 16.6. The van der Waals surface area contributed by atoms with Gasteiger partial charge in [-0.25, -0.2) is 9.97 Å². The molecule has 0 spiro atoms. The number of methoxy groups -OCH3 is 1. The van der Waals surface area contributed by atoms with Crippen molar-refractivity contribution in [2.45, 2.75) is 12.5 Å². The fraction of sp³-hybridized carbons (Fsp3) is 0.312. The molecule has 26 heavy (non-hydrogen) atoms. The Morgan fingerprint density at radius 2 is 2.27 bits per heavy atom. The molecule has 1 fully saturated rings. The Kier molecular flexibility index (Phi) is 4.14. The Labute approximate surface area is 153 Å². The summed E-state index contributed by atoms with van der Waals surface area (Å²) in [6, 6.07) is 2.18. The molecule has 10 heteroatoms. The number of aromatic nitrogens is 4. The second kappa shape index (κ2) is 6.61. The van der Waals surface area contributed by atoms with Crippen LogP contribution in [0, 0.1) is 11.3 Å². The third-order valence-electron chi connectivity index (χ3n) is 4.18. The molecule has 132 valence electrons. The number of hydrogen-bond acceptors (Lipinski definition) is 10. The summed E-state index contributed by atoms with van der Waals surface area (Å²) >= 11 is 1.59. The number of nitrogen functional groups attached to an aromatic ring is 1. The van der Waals surface area contributed by atoms with Gasteiger partial charge in [-0.2, -0.15) is 10.2 Å². The zero-order valence-corrected chi connectivity index (χ0v) is 14.8. The van der Waals surface area contributed by atoms with Gasteiger partial charge in [-0.1, -0.05) is 11.3 Å². The summed E-state index contributed by atoms with van der Waals surface area (Å²) in [5, 5.41) is 13.2. The monoisotopic (exact) mass is 368 g/mol. The molecule has 0 saturated carbocycles. The fourth-order valence-corrected chi connectivity index (χ4v) is 3.90. The molecule has 1 aliphatic rings. The largest absolute Gasteiger partial charge is 0.480 e. The smallest absolute Gasteiger partial charge is 0.236 e. The lowest BCUT2D eigenvalue weighted by Gasteiger charge is -2.16. The van der Waals surface area contributed by atoms with Crippen molar-refractivity contribution in [2.24, 2.45) is 0 Å². The van der Waals surface area contributed by atoms with Crippen molar-refractivity contribution in [1.82, 2.24) is 19.9 Å². The molecular formula is C16H16N8OS. The Balaban J connectivity index is 1.48. The number of anilines is 3. The van der Waals surface area contributed by atoms with Gasteiger partial charge in [-0.3, -0.25) is 4.98 Å². The number of fused-ring (bicyclic) bond motifs is 1. The van der Waals surface area contributed by atoms with Crippen LogP contribution < -0.4 is 20.7 Å². The van der Waals surface area contributed by atoms with Crippen LogP contribution in [0.1, 0.15) is 12.0 Å². The molecule has 4 rings (SSSR count). The lowest BCUT2D eigenvalue weighted by Crippen LogP contribution is -2.26. The molecule has 0 bridgehead atoms. The SMILES string of the molecule is COc1nc(N[C@@H]2CCN(c3nc4c(N)cncc4s3)C2)ncc1C#N. The van der Waals surface area contributed by atoms with Gasteiger partial charge in [0, 0.05) is 25.3 Å². The van der Waals surface area contributed by atoms with E-state index in [0.717, 1.165) is 34.9 Å². The van der Waals surface area contributed by atoms with Crippen LogP contribution in [0.3, 0.4) is 0 Å². The molecule has 0 unspecified atom stereocenters. The van der Waals surface area contributed by atoms with Gasteiger partial charge in [0.2, 0.25) is 11.8 Å². The molecule has 3 N–H and O–H groups in total. The lowest BCUT2D eigenvalue weighted by molar-refractivity contribution is 0.396. The predicted octanol–water partition coefficient (Wildman–Crippen LogP) is 1.63. The van der Waals surface area contributed by atoms with Crippen molar-refractivity contribution in [3.05, 3.63) is 24.2 Å². The molecule has 3 aromatic heterocycles. The average Bonchev–Trinajstić information content (AvgIpc) is 3.29. The van der Waals surface area contributed by atoms with Crippen LogP contribution >= 0.6 is 11.3 Å². The number of nitrogens with zero attached hydrogens (tertiary/aromatic N) is 6. The highest BCUT2D eigenvalue weighted by Crippen LogP contribution is 2.33. The van der Waals surface area contributed by atoms with Gasteiger partial charge < -0.3 is 20.7 Å². The standard InChI is InChI=1S/C16H16N8OS/c1-25-14-9(4-17)5-20-15(23-14)21-10-2-3-24(8-10)16-22-13-11(18)6-19-7-12(13)26-16/h5-7,10H,2-3,8,18H2,1H3,(H,20,21,23)/t10-/m1/s1. The highest BCUT2D eigenvalue weighted by Gasteiger charge is 2.26. The molecule has 3 aromatic rings. The first-order chi connectivity index (χ1) is 12.7. The van der Waals surface area contributed by atoms with Crippen molar-refractivity contribution in [2.75, 3.05) is 36.1 Å².